The summed E-state index contributed by atoms with van der Waals surface area (Å²) in [6.45, 7) is 0. The smallest absolute Gasteiger partial charge is 0.256 e. The molecule has 2 heterocycles. The molecular formula is C22H19N3OS2. The van der Waals surface area contributed by atoms with Crippen LogP contribution >= 0.6 is 23.5 Å². The molecular weight excluding hydrogens is 386 g/mol. The Morgan fingerprint density at radius 1 is 1.04 bits per heavy atom. The lowest BCUT2D eigenvalue weighted by molar-refractivity contribution is 0.102. The van der Waals surface area contributed by atoms with Gasteiger partial charge < -0.3 is 9.72 Å². The molecule has 0 saturated heterocycles. The third kappa shape index (κ3) is 4.24. The second-order valence-corrected chi connectivity index (χ2v) is 8.06. The van der Waals surface area contributed by atoms with E-state index in [0.717, 1.165) is 21.9 Å². The van der Waals surface area contributed by atoms with E-state index in [0.29, 0.717) is 11.3 Å². The van der Waals surface area contributed by atoms with E-state index in [1.165, 1.54) is 4.90 Å². The summed E-state index contributed by atoms with van der Waals surface area (Å²) in [5, 5.41) is 2.99. The van der Waals surface area contributed by atoms with Gasteiger partial charge in [-0.25, -0.2) is 4.98 Å². The van der Waals surface area contributed by atoms with Crippen LogP contribution in [0.1, 0.15) is 16.1 Å². The van der Waals surface area contributed by atoms with Crippen LogP contribution in [0.2, 0.25) is 0 Å². The van der Waals surface area contributed by atoms with Gasteiger partial charge in [-0.1, -0.05) is 18.2 Å². The van der Waals surface area contributed by atoms with E-state index >= 15 is 0 Å². The normalized spacial score (nSPS) is 10.9. The molecule has 0 aliphatic heterocycles. The van der Waals surface area contributed by atoms with Crippen molar-refractivity contribution in [2.45, 2.75) is 15.5 Å². The van der Waals surface area contributed by atoms with Gasteiger partial charge in [0.05, 0.1) is 11.3 Å². The molecule has 28 heavy (non-hydrogen) atoms. The van der Waals surface area contributed by atoms with Crippen molar-refractivity contribution in [2.24, 2.45) is 0 Å². The van der Waals surface area contributed by atoms with Crippen molar-refractivity contribution in [3.8, 4) is 0 Å². The van der Waals surface area contributed by atoms with E-state index in [4.69, 9.17) is 0 Å². The predicted molar refractivity (Wildman–Crippen MR) is 117 cm³/mol. The lowest BCUT2D eigenvalue weighted by Crippen LogP contribution is -2.12. The fourth-order valence-electron chi connectivity index (χ4n) is 2.86. The van der Waals surface area contributed by atoms with Crippen molar-refractivity contribution in [1.82, 2.24) is 9.38 Å². The van der Waals surface area contributed by atoms with Crippen molar-refractivity contribution in [3.05, 3.63) is 90.4 Å². The van der Waals surface area contributed by atoms with E-state index in [1.807, 2.05) is 89.8 Å². The number of benzene rings is 2. The molecule has 0 spiro atoms. The molecule has 1 amide bonds. The van der Waals surface area contributed by atoms with Crippen LogP contribution in [0.25, 0.3) is 5.65 Å². The minimum Gasteiger partial charge on any atom is -0.322 e. The maximum absolute atomic E-state index is 12.8. The van der Waals surface area contributed by atoms with E-state index in [-0.39, 0.29) is 5.91 Å². The summed E-state index contributed by atoms with van der Waals surface area (Å²) in [4.78, 5) is 19.5. The maximum Gasteiger partial charge on any atom is 0.256 e. The summed E-state index contributed by atoms with van der Waals surface area (Å²) in [5.74, 6) is 0.601. The number of anilines is 1. The van der Waals surface area contributed by atoms with E-state index in [9.17, 15) is 4.79 Å². The number of hydrogen-bond donors (Lipinski definition) is 1. The summed E-state index contributed by atoms with van der Waals surface area (Å²) in [6, 6.07) is 21.5. The summed E-state index contributed by atoms with van der Waals surface area (Å²) in [7, 11) is 0. The van der Waals surface area contributed by atoms with Gasteiger partial charge in [-0.3, -0.25) is 4.79 Å². The highest BCUT2D eigenvalue weighted by Gasteiger charge is 2.12. The van der Waals surface area contributed by atoms with Gasteiger partial charge in [-0.2, -0.15) is 0 Å². The number of fused-ring (bicyclic) bond motifs is 1. The molecule has 4 rings (SSSR count). The summed E-state index contributed by atoms with van der Waals surface area (Å²) < 4.78 is 2.01. The second kappa shape index (κ2) is 8.54. The molecule has 0 unspecified atom stereocenters. The van der Waals surface area contributed by atoms with Crippen LogP contribution in [0.4, 0.5) is 5.69 Å². The highest BCUT2D eigenvalue weighted by Crippen LogP contribution is 2.27. The molecule has 6 heteroatoms. The van der Waals surface area contributed by atoms with Crippen LogP contribution < -0.4 is 5.32 Å². The highest BCUT2D eigenvalue weighted by atomic mass is 32.2. The van der Waals surface area contributed by atoms with Crippen molar-refractivity contribution < 1.29 is 4.79 Å². The van der Waals surface area contributed by atoms with Gasteiger partial charge in [0.2, 0.25) is 0 Å². The van der Waals surface area contributed by atoms with Gasteiger partial charge in [0, 0.05) is 33.6 Å². The zero-order chi connectivity index (χ0) is 19.3. The van der Waals surface area contributed by atoms with Gasteiger partial charge in [0.15, 0.2) is 0 Å². The molecule has 4 aromatic rings. The fraction of sp³-hybridized carbons (Fsp3) is 0.0909. The molecule has 0 radical (unpaired) electrons. The van der Waals surface area contributed by atoms with Crippen LogP contribution in [0, 0.1) is 0 Å². The number of carbonyl (C=O) groups is 1. The van der Waals surface area contributed by atoms with Crippen molar-refractivity contribution >= 4 is 40.8 Å². The average Bonchev–Trinajstić information content (AvgIpc) is 3.16. The Morgan fingerprint density at radius 2 is 1.82 bits per heavy atom. The second-order valence-electron chi connectivity index (χ2n) is 6.17. The molecule has 0 aliphatic carbocycles. The number of amides is 1. The minimum absolute atomic E-state index is 0.102. The number of nitrogens with zero attached hydrogens (tertiary/aromatic N) is 2. The molecule has 0 aliphatic rings. The third-order valence-electron chi connectivity index (χ3n) is 4.27. The minimum atomic E-state index is -0.102. The Bertz CT molecular complexity index is 1070. The van der Waals surface area contributed by atoms with Crippen LogP contribution in [0.15, 0.2) is 88.9 Å². The summed E-state index contributed by atoms with van der Waals surface area (Å²) >= 11 is 3.30. The van der Waals surface area contributed by atoms with E-state index < -0.39 is 0 Å². The molecule has 0 fully saturated rings. The number of hydrogen-bond acceptors (Lipinski definition) is 4. The van der Waals surface area contributed by atoms with Gasteiger partial charge in [-0.15, -0.1) is 23.5 Å². The van der Waals surface area contributed by atoms with Gasteiger partial charge in [-0.05, 0) is 54.8 Å². The molecule has 4 nitrogen and oxygen atoms in total. The molecule has 0 atom stereocenters. The van der Waals surface area contributed by atoms with E-state index in [1.54, 1.807) is 23.5 Å². The monoisotopic (exact) mass is 405 g/mol. The first kappa shape index (κ1) is 18.7. The lowest BCUT2D eigenvalue weighted by Gasteiger charge is -2.10. The third-order valence-corrected chi connectivity index (χ3v) is 6.12. The first-order valence-corrected chi connectivity index (χ1v) is 11.0. The van der Waals surface area contributed by atoms with Crippen molar-refractivity contribution in [1.29, 1.82) is 0 Å². The molecule has 140 valence electrons. The number of carbonyl (C=O) groups excluding carboxylic acids is 1. The van der Waals surface area contributed by atoms with E-state index in [2.05, 4.69) is 10.3 Å². The molecule has 0 bridgehead atoms. The van der Waals surface area contributed by atoms with Gasteiger partial charge in [0.1, 0.15) is 5.65 Å². The largest absolute Gasteiger partial charge is 0.322 e. The summed E-state index contributed by atoms with van der Waals surface area (Å²) in [5.41, 5.74) is 3.38. The maximum atomic E-state index is 12.8. The first-order chi connectivity index (χ1) is 13.7. The van der Waals surface area contributed by atoms with Crippen LogP contribution in [0.5, 0.6) is 0 Å². The molecule has 1 N–H and O–H groups in total. The Hall–Kier alpha value is -2.70. The summed E-state index contributed by atoms with van der Waals surface area (Å²) in [6.07, 6.45) is 6.04. The molecule has 0 saturated carbocycles. The zero-order valence-corrected chi connectivity index (χ0v) is 17.0. The van der Waals surface area contributed by atoms with Gasteiger partial charge >= 0.3 is 0 Å². The van der Waals surface area contributed by atoms with Gasteiger partial charge in [0.25, 0.3) is 5.91 Å². The fourth-order valence-corrected chi connectivity index (χ4v) is 4.20. The Balaban J connectivity index is 1.48. The van der Waals surface area contributed by atoms with Crippen LogP contribution in [0.3, 0.4) is 0 Å². The van der Waals surface area contributed by atoms with Crippen LogP contribution in [-0.2, 0) is 5.75 Å². The zero-order valence-electron chi connectivity index (χ0n) is 15.3. The Labute approximate surface area is 172 Å². The number of aromatic nitrogens is 2. The number of nitrogens with one attached hydrogen (secondary N) is 1. The quantitative estimate of drug-likeness (QED) is 0.424. The number of pyridine rings is 1. The van der Waals surface area contributed by atoms with Crippen LogP contribution in [-0.4, -0.2) is 21.5 Å². The SMILES string of the molecule is CSc1ccc(NC(=O)c2ccccc2SCc2cn3ccccc3n2)cc1. The molecule has 2 aromatic heterocycles. The standard InChI is InChI=1S/C22H19N3OS2/c1-27-18-11-9-16(10-12-18)24-22(26)19-6-2-3-7-20(19)28-15-17-14-25-13-5-4-8-21(25)23-17/h2-14H,15H2,1H3,(H,24,26). The molecule has 2 aromatic carbocycles. The topological polar surface area (TPSA) is 46.4 Å². The predicted octanol–water partition coefficient (Wildman–Crippen LogP) is 5.60. The Kier molecular flexibility index (Phi) is 5.69. The lowest BCUT2D eigenvalue weighted by atomic mass is 10.2. The van der Waals surface area contributed by atoms with Crippen molar-refractivity contribution in [2.75, 3.05) is 11.6 Å². The first-order valence-electron chi connectivity index (χ1n) is 8.83. The average molecular weight is 406 g/mol. The van der Waals surface area contributed by atoms with Crippen molar-refractivity contribution in [3.63, 3.8) is 0 Å². The number of imidazole rings is 1. The number of thioether (sulfide) groups is 2. The highest BCUT2D eigenvalue weighted by molar-refractivity contribution is 7.98. The number of rotatable bonds is 6. The Morgan fingerprint density at radius 3 is 2.61 bits per heavy atom.